The van der Waals surface area contributed by atoms with E-state index in [-0.39, 0.29) is 55.1 Å². The van der Waals surface area contributed by atoms with Gasteiger partial charge in [0, 0.05) is 35.1 Å². The number of aliphatic hydroxyl groups excluding tert-OH is 2. The summed E-state index contributed by atoms with van der Waals surface area (Å²) in [5.74, 6) is -0.868. The number of hydrogen-bond donors (Lipinski definition) is 4. The first-order valence-corrected chi connectivity index (χ1v) is 9.13. The van der Waals surface area contributed by atoms with Gasteiger partial charge in [-0.25, -0.2) is 4.99 Å². The maximum Gasteiger partial charge on any atom is 0.254 e. The fraction of sp³-hybridized carbons (Fsp3) is 0.190. The number of carbonyl (C=O) groups excluding carboxylic acids is 2. The van der Waals surface area contributed by atoms with E-state index in [4.69, 9.17) is 0 Å². The van der Waals surface area contributed by atoms with Gasteiger partial charge >= 0.3 is 0 Å². The minimum atomic E-state index is -0.371. The van der Waals surface area contributed by atoms with E-state index in [1.54, 1.807) is 42.5 Å². The lowest BCUT2D eigenvalue weighted by atomic mass is 10.0. The molecule has 1 aromatic heterocycles. The van der Waals surface area contributed by atoms with E-state index in [0.717, 1.165) is 0 Å². The number of aromatic hydroxyl groups is 1. The van der Waals surface area contributed by atoms with Gasteiger partial charge < -0.3 is 25.2 Å². The van der Waals surface area contributed by atoms with Crippen LogP contribution in [0, 0.1) is 0 Å². The van der Waals surface area contributed by atoms with E-state index in [0.29, 0.717) is 27.7 Å². The second kappa shape index (κ2) is 7.50. The summed E-state index contributed by atoms with van der Waals surface area (Å²) in [5, 5.41) is 29.3. The standard InChI is InChI=1S/C21H19N3O5/c25-9-7-24(8-10-26)21(29)12-5-6-16-14(11-12)17(20(28)23-16)18-19(27)13-3-1-2-4-15(13)22-18/h1-6,11,23,25-26,28H,7-10H2. The lowest BCUT2D eigenvalue weighted by molar-refractivity contribution is 0.0685. The fourth-order valence-corrected chi connectivity index (χ4v) is 3.52. The van der Waals surface area contributed by atoms with Crippen molar-refractivity contribution < 1.29 is 24.9 Å². The Hall–Kier alpha value is -3.49. The second-order valence-corrected chi connectivity index (χ2v) is 6.66. The number of hydrogen-bond acceptors (Lipinski definition) is 6. The van der Waals surface area contributed by atoms with Crippen molar-refractivity contribution in [1.29, 1.82) is 0 Å². The van der Waals surface area contributed by atoms with Crippen molar-refractivity contribution >= 4 is 34.0 Å². The van der Waals surface area contributed by atoms with Gasteiger partial charge in [0.25, 0.3) is 5.91 Å². The lowest BCUT2D eigenvalue weighted by Crippen LogP contribution is -2.35. The number of nitrogens with zero attached hydrogens (tertiary/aromatic N) is 2. The minimum absolute atomic E-state index is 0.0865. The largest absolute Gasteiger partial charge is 0.494 e. The first-order chi connectivity index (χ1) is 14.0. The van der Waals surface area contributed by atoms with E-state index < -0.39 is 0 Å². The Morgan fingerprint density at radius 3 is 2.48 bits per heavy atom. The van der Waals surface area contributed by atoms with Crippen molar-refractivity contribution in [2.45, 2.75) is 0 Å². The third-order valence-corrected chi connectivity index (χ3v) is 4.89. The van der Waals surface area contributed by atoms with E-state index in [2.05, 4.69) is 9.98 Å². The molecule has 2 heterocycles. The van der Waals surface area contributed by atoms with Gasteiger partial charge in [-0.2, -0.15) is 0 Å². The normalized spacial score (nSPS) is 12.9. The summed E-state index contributed by atoms with van der Waals surface area (Å²) in [6, 6.07) is 11.7. The molecular weight excluding hydrogens is 374 g/mol. The predicted molar refractivity (Wildman–Crippen MR) is 107 cm³/mol. The highest BCUT2D eigenvalue weighted by molar-refractivity contribution is 6.56. The lowest BCUT2D eigenvalue weighted by Gasteiger charge is -2.20. The maximum atomic E-state index is 12.8. The van der Waals surface area contributed by atoms with Gasteiger partial charge in [0.05, 0.1) is 24.5 Å². The zero-order chi connectivity index (χ0) is 20.5. The fourth-order valence-electron chi connectivity index (χ4n) is 3.52. The summed E-state index contributed by atoms with van der Waals surface area (Å²) < 4.78 is 0. The van der Waals surface area contributed by atoms with E-state index >= 15 is 0 Å². The molecule has 1 aliphatic rings. The number of para-hydroxylation sites is 1. The molecule has 3 aromatic rings. The van der Waals surface area contributed by atoms with Crippen LogP contribution in [0.1, 0.15) is 26.3 Å². The number of aliphatic imine (C=N–C) groups is 1. The summed E-state index contributed by atoms with van der Waals surface area (Å²) in [6.07, 6.45) is 0. The summed E-state index contributed by atoms with van der Waals surface area (Å²) in [6.45, 7) is -0.284. The van der Waals surface area contributed by atoms with Crippen LogP contribution in [0.15, 0.2) is 47.5 Å². The van der Waals surface area contributed by atoms with Crippen molar-refractivity contribution in [3.8, 4) is 5.88 Å². The summed E-state index contributed by atoms with van der Waals surface area (Å²) in [4.78, 5) is 34.1. The van der Waals surface area contributed by atoms with Crippen LogP contribution in [-0.4, -0.2) is 68.9 Å². The number of carbonyl (C=O) groups is 2. The molecule has 4 rings (SSSR count). The highest BCUT2D eigenvalue weighted by Gasteiger charge is 2.30. The Morgan fingerprint density at radius 2 is 1.79 bits per heavy atom. The van der Waals surface area contributed by atoms with Crippen LogP contribution in [0.2, 0.25) is 0 Å². The van der Waals surface area contributed by atoms with Crippen molar-refractivity contribution in [3.05, 3.63) is 59.2 Å². The van der Waals surface area contributed by atoms with Gasteiger partial charge in [-0.05, 0) is 30.3 Å². The third-order valence-electron chi connectivity index (χ3n) is 4.89. The Labute approximate surface area is 165 Å². The van der Waals surface area contributed by atoms with Gasteiger partial charge in [-0.3, -0.25) is 9.59 Å². The number of benzene rings is 2. The summed E-state index contributed by atoms with van der Waals surface area (Å²) in [7, 11) is 0. The number of fused-ring (bicyclic) bond motifs is 2. The van der Waals surface area contributed by atoms with Gasteiger partial charge in [0.15, 0.2) is 5.88 Å². The molecule has 8 nitrogen and oxygen atoms in total. The molecule has 0 spiro atoms. The number of rotatable bonds is 6. The highest BCUT2D eigenvalue weighted by atomic mass is 16.3. The smallest absolute Gasteiger partial charge is 0.254 e. The topological polar surface area (TPSA) is 126 Å². The quantitative estimate of drug-likeness (QED) is 0.506. The van der Waals surface area contributed by atoms with Gasteiger partial charge in [0.1, 0.15) is 5.71 Å². The number of aromatic nitrogens is 1. The van der Waals surface area contributed by atoms with Crippen molar-refractivity contribution in [2.75, 3.05) is 26.3 Å². The Kier molecular flexibility index (Phi) is 4.87. The second-order valence-electron chi connectivity index (χ2n) is 6.66. The molecule has 1 aliphatic heterocycles. The molecule has 0 radical (unpaired) electrons. The van der Waals surface area contributed by atoms with E-state index in [1.807, 2.05) is 0 Å². The molecule has 2 aromatic carbocycles. The van der Waals surface area contributed by atoms with Crippen molar-refractivity contribution in [3.63, 3.8) is 0 Å². The molecule has 0 bridgehead atoms. The molecule has 8 heteroatoms. The summed E-state index contributed by atoms with van der Waals surface area (Å²) >= 11 is 0. The number of aromatic amines is 1. The Bertz CT molecular complexity index is 1140. The zero-order valence-corrected chi connectivity index (χ0v) is 15.4. The van der Waals surface area contributed by atoms with Crippen LogP contribution < -0.4 is 0 Å². The van der Waals surface area contributed by atoms with Gasteiger partial charge in [0.2, 0.25) is 5.78 Å². The molecule has 4 N–H and O–H groups in total. The monoisotopic (exact) mass is 393 g/mol. The van der Waals surface area contributed by atoms with Crippen molar-refractivity contribution in [1.82, 2.24) is 9.88 Å². The molecule has 0 atom stereocenters. The predicted octanol–water partition coefficient (Wildman–Crippen LogP) is 1.62. The Balaban J connectivity index is 1.79. The Morgan fingerprint density at radius 1 is 1.07 bits per heavy atom. The molecular formula is C21H19N3O5. The van der Waals surface area contributed by atoms with Gasteiger partial charge in [-0.15, -0.1) is 0 Å². The van der Waals surface area contributed by atoms with E-state index in [1.165, 1.54) is 4.90 Å². The van der Waals surface area contributed by atoms with Crippen LogP contribution in [0.3, 0.4) is 0 Å². The molecule has 0 aliphatic carbocycles. The molecule has 0 saturated carbocycles. The number of aliphatic hydroxyl groups is 2. The molecule has 0 unspecified atom stereocenters. The number of amides is 1. The molecule has 0 saturated heterocycles. The van der Waals surface area contributed by atoms with Crippen LogP contribution in [0.5, 0.6) is 5.88 Å². The zero-order valence-electron chi connectivity index (χ0n) is 15.4. The number of nitrogens with one attached hydrogen (secondary N) is 1. The SMILES string of the molecule is O=C1C(c2c(O)[nH]c3ccc(C(=O)N(CCO)CCO)cc23)=Nc2ccccc21. The molecule has 148 valence electrons. The van der Waals surface area contributed by atoms with Crippen molar-refractivity contribution in [2.24, 2.45) is 4.99 Å². The minimum Gasteiger partial charge on any atom is -0.494 e. The number of H-pyrrole nitrogens is 1. The van der Waals surface area contributed by atoms with Crippen LogP contribution in [0.4, 0.5) is 5.69 Å². The molecule has 29 heavy (non-hydrogen) atoms. The highest BCUT2D eigenvalue weighted by Crippen LogP contribution is 2.35. The first kappa shape index (κ1) is 18.9. The van der Waals surface area contributed by atoms with Crippen LogP contribution in [-0.2, 0) is 0 Å². The van der Waals surface area contributed by atoms with Gasteiger partial charge in [-0.1, -0.05) is 12.1 Å². The summed E-state index contributed by atoms with van der Waals surface area (Å²) in [5.41, 5.74) is 2.21. The number of Topliss-reactive ketones (excluding diaryl/α,β-unsaturated/α-hetero) is 1. The third kappa shape index (κ3) is 3.18. The average molecular weight is 393 g/mol. The average Bonchev–Trinajstić information content (AvgIpc) is 3.22. The maximum absolute atomic E-state index is 12.8. The first-order valence-electron chi connectivity index (χ1n) is 9.13. The van der Waals surface area contributed by atoms with E-state index in [9.17, 15) is 24.9 Å². The number of ketones is 1. The van der Waals surface area contributed by atoms with Crippen LogP contribution in [0.25, 0.3) is 10.9 Å². The molecule has 1 amide bonds. The molecule has 0 fully saturated rings. The van der Waals surface area contributed by atoms with Crippen LogP contribution >= 0.6 is 0 Å².